The number of rotatable bonds is 3. The minimum absolute atomic E-state index is 0.155. The number of benzene rings is 1. The van der Waals surface area contributed by atoms with E-state index >= 15 is 0 Å². The monoisotopic (exact) mass is 234 g/mol. The van der Waals surface area contributed by atoms with E-state index in [0.717, 1.165) is 6.54 Å². The van der Waals surface area contributed by atoms with Gasteiger partial charge >= 0.3 is 0 Å². The Morgan fingerprint density at radius 3 is 2.24 bits per heavy atom. The Morgan fingerprint density at radius 1 is 1.06 bits per heavy atom. The average Bonchev–Trinajstić information content (AvgIpc) is 2.40. The van der Waals surface area contributed by atoms with Crippen molar-refractivity contribution in [3.63, 3.8) is 0 Å². The van der Waals surface area contributed by atoms with E-state index in [1.54, 1.807) is 0 Å². The molecule has 92 valence electrons. The van der Waals surface area contributed by atoms with E-state index in [2.05, 4.69) is 10.2 Å². The summed E-state index contributed by atoms with van der Waals surface area (Å²) in [4.78, 5) is 2.54. The largest absolute Gasteiger partial charge is 0.307 e. The third-order valence-corrected chi connectivity index (χ3v) is 4.30. The zero-order valence-electron chi connectivity index (χ0n) is 10.1. The van der Waals surface area contributed by atoms with Crippen molar-refractivity contribution in [1.82, 2.24) is 10.2 Å². The summed E-state index contributed by atoms with van der Waals surface area (Å²) >= 11 is 0. The van der Waals surface area contributed by atoms with Gasteiger partial charge in [0.2, 0.25) is 0 Å². The molecule has 4 rings (SSSR count). The summed E-state index contributed by atoms with van der Waals surface area (Å²) in [6.07, 6.45) is 3.77. The molecule has 0 spiro atoms. The lowest BCUT2D eigenvalue weighted by molar-refractivity contribution is 0.0597. The highest BCUT2D eigenvalue weighted by Gasteiger charge is 2.38. The van der Waals surface area contributed by atoms with Gasteiger partial charge in [-0.2, -0.15) is 0 Å². The second-order valence-electron chi connectivity index (χ2n) is 5.35. The molecule has 1 N–H and O–H groups in total. The summed E-state index contributed by atoms with van der Waals surface area (Å²) in [7, 11) is 0. The SMILES string of the molecule is Fc1ccc(CNC23CCN(CC2)CC3)cc1. The fourth-order valence-corrected chi connectivity index (χ4v) is 2.98. The average molecular weight is 234 g/mol. The first kappa shape index (κ1) is 11.2. The third kappa shape index (κ3) is 2.35. The predicted octanol–water partition coefficient (Wildman–Crippen LogP) is 2.15. The maximum Gasteiger partial charge on any atom is 0.123 e. The topological polar surface area (TPSA) is 15.3 Å². The number of nitrogens with one attached hydrogen (secondary N) is 1. The quantitative estimate of drug-likeness (QED) is 0.862. The molecule has 3 aliphatic rings. The molecule has 0 saturated carbocycles. The Hall–Kier alpha value is -0.930. The fourth-order valence-electron chi connectivity index (χ4n) is 2.98. The van der Waals surface area contributed by atoms with Crippen molar-refractivity contribution >= 4 is 0 Å². The van der Waals surface area contributed by atoms with Crippen LogP contribution in [0.25, 0.3) is 0 Å². The van der Waals surface area contributed by atoms with Crippen LogP contribution in [0.15, 0.2) is 24.3 Å². The summed E-state index contributed by atoms with van der Waals surface area (Å²) < 4.78 is 12.8. The number of halogens is 1. The predicted molar refractivity (Wildman–Crippen MR) is 66.3 cm³/mol. The van der Waals surface area contributed by atoms with Crippen LogP contribution in [0.5, 0.6) is 0 Å². The normalized spacial score (nSPS) is 31.7. The summed E-state index contributed by atoms with van der Waals surface area (Å²) in [6.45, 7) is 4.56. The van der Waals surface area contributed by atoms with Gasteiger partial charge in [0.1, 0.15) is 5.82 Å². The minimum Gasteiger partial charge on any atom is -0.307 e. The Kier molecular flexibility index (Phi) is 2.89. The van der Waals surface area contributed by atoms with Crippen LogP contribution in [0.3, 0.4) is 0 Å². The molecule has 1 aromatic carbocycles. The van der Waals surface area contributed by atoms with Crippen molar-refractivity contribution in [1.29, 1.82) is 0 Å². The van der Waals surface area contributed by atoms with Crippen LogP contribution >= 0.6 is 0 Å². The van der Waals surface area contributed by atoms with Crippen molar-refractivity contribution in [3.8, 4) is 0 Å². The van der Waals surface area contributed by atoms with Gasteiger partial charge in [0.25, 0.3) is 0 Å². The number of hydrogen-bond donors (Lipinski definition) is 1. The summed E-state index contributed by atoms with van der Waals surface area (Å²) in [6, 6.07) is 6.82. The van der Waals surface area contributed by atoms with Gasteiger partial charge in [-0.25, -0.2) is 4.39 Å². The molecular weight excluding hydrogens is 215 g/mol. The van der Waals surface area contributed by atoms with Gasteiger partial charge in [-0.3, -0.25) is 0 Å². The molecule has 2 bridgehead atoms. The molecule has 3 fully saturated rings. The molecule has 1 aromatic rings. The van der Waals surface area contributed by atoms with Crippen LogP contribution in [0.4, 0.5) is 4.39 Å². The van der Waals surface area contributed by atoms with Crippen molar-refractivity contribution in [2.45, 2.75) is 31.3 Å². The van der Waals surface area contributed by atoms with Gasteiger partial charge in [0, 0.05) is 12.1 Å². The minimum atomic E-state index is -0.155. The molecular formula is C14H19FN2. The second-order valence-corrected chi connectivity index (χ2v) is 5.35. The molecule has 0 aliphatic carbocycles. The van der Waals surface area contributed by atoms with Crippen LogP contribution in [-0.2, 0) is 6.54 Å². The molecule has 0 amide bonds. The van der Waals surface area contributed by atoms with E-state index in [0.29, 0.717) is 5.54 Å². The number of fused-ring (bicyclic) bond motifs is 3. The van der Waals surface area contributed by atoms with Crippen LogP contribution < -0.4 is 5.32 Å². The Bertz CT molecular complexity index is 366. The first-order valence-electron chi connectivity index (χ1n) is 6.48. The maximum atomic E-state index is 12.8. The van der Waals surface area contributed by atoms with E-state index in [-0.39, 0.29) is 5.82 Å². The van der Waals surface area contributed by atoms with Crippen LogP contribution in [0.1, 0.15) is 24.8 Å². The summed E-state index contributed by atoms with van der Waals surface area (Å²) in [5.74, 6) is -0.155. The van der Waals surface area contributed by atoms with Crippen LogP contribution in [0, 0.1) is 5.82 Å². The lowest BCUT2D eigenvalue weighted by Crippen LogP contribution is -2.59. The fraction of sp³-hybridized carbons (Fsp3) is 0.571. The molecule has 0 unspecified atom stereocenters. The van der Waals surface area contributed by atoms with Gasteiger partial charge in [0.15, 0.2) is 0 Å². The van der Waals surface area contributed by atoms with Gasteiger partial charge in [-0.05, 0) is 56.6 Å². The number of hydrogen-bond acceptors (Lipinski definition) is 2. The van der Waals surface area contributed by atoms with Gasteiger partial charge < -0.3 is 10.2 Å². The number of nitrogens with zero attached hydrogens (tertiary/aromatic N) is 1. The molecule has 2 nitrogen and oxygen atoms in total. The van der Waals surface area contributed by atoms with Crippen molar-refractivity contribution in [2.24, 2.45) is 0 Å². The first-order valence-corrected chi connectivity index (χ1v) is 6.48. The van der Waals surface area contributed by atoms with E-state index in [1.807, 2.05) is 12.1 Å². The highest BCUT2D eigenvalue weighted by Crippen LogP contribution is 2.31. The van der Waals surface area contributed by atoms with Crippen LogP contribution in [-0.4, -0.2) is 30.1 Å². The lowest BCUT2D eigenvalue weighted by Gasteiger charge is -2.49. The Balaban J connectivity index is 1.61. The molecule has 0 aromatic heterocycles. The van der Waals surface area contributed by atoms with Crippen molar-refractivity contribution < 1.29 is 4.39 Å². The van der Waals surface area contributed by atoms with E-state index in [1.165, 1.54) is 56.6 Å². The highest BCUT2D eigenvalue weighted by atomic mass is 19.1. The van der Waals surface area contributed by atoms with Crippen LogP contribution in [0.2, 0.25) is 0 Å². The summed E-state index contributed by atoms with van der Waals surface area (Å²) in [5, 5.41) is 3.71. The Morgan fingerprint density at radius 2 is 1.65 bits per heavy atom. The Labute approximate surface area is 102 Å². The van der Waals surface area contributed by atoms with Gasteiger partial charge in [0.05, 0.1) is 0 Å². The lowest BCUT2D eigenvalue weighted by atomic mass is 9.80. The maximum absolute atomic E-state index is 12.8. The molecule has 0 atom stereocenters. The molecule has 3 aliphatic heterocycles. The molecule has 3 heteroatoms. The summed E-state index contributed by atoms with van der Waals surface area (Å²) in [5.41, 5.74) is 1.53. The van der Waals surface area contributed by atoms with E-state index in [4.69, 9.17) is 0 Å². The second kappa shape index (κ2) is 4.39. The van der Waals surface area contributed by atoms with Crippen molar-refractivity contribution in [2.75, 3.05) is 19.6 Å². The number of piperidine rings is 3. The zero-order chi connectivity index (χ0) is 11.7. The van der Waals surface area contributed by atoms with E-state index < -0.39 is 0 Å². The highest BCUT2D eigenvalue weighted by molar-refractivity contribution is 5.16. The molecule has 3 heterocycles. The molecule has 0 radical (unpaired) electrons. The van der Waals surface area contributed by atoms with Gasteiger partial charge in [-0.15, -0.1) is 0 Å². The smallest absolute Gasteiger partial charge is 0.123 e. The first-order chi connectivity index (χ1) is 8.26. The van der Waals surface area contributed by atoms with Crippen molar-refractivity contribution in [3.05, 3.63) is 35.6 Å². The standard InChI is InChI=1S/C14H19FN2/c15-13-3-1-12(2-4-13)11-16-14-5-8-17(9-6-14)10-7-14/h1-4,16H,5-11H2. The van der Waals surface area contributed by atoms with E-state index in [9.17, 15) is 4.39 Å². The molecule has 3 saturated heterocycles. The zero-order valence-corrected chi connectivity index (χ0v) is 10.1. The molecule has 17 heavy (non-hydrogen) atoms. The van der Waals surface area contributed by atoms with Gasteiger partial charge in [-0.1, -0.05) is 12.1 Å². The third-order valence-electron chi connectivity index (χ3n) is 4.30.